The molecule has 0 N–H and O–H groups in total. The zero-order valence-electron chi connectivity index (χ0n) is 8.52. The second-order valence-corrected chi connectivity index (χ2v) is 3.58. The van der Waals surface area contributed by atoms with Gasteiger partial charge < -0.3 is 4.79 Å². The Labute approximate surface area is 75.9 Å². The lowest BCUT2D eigenvalue weighted by Crippen LogP contribution is -1.88. The molecule has 0 atom stereocenters. The van der Waals surface area contributed by atoms with E-state index in [0.717, 1.165) is 12.8 Å². The number of unbranched alkanes of at least 4 members (excludes halogenated alkanes) is 3. The lowest BCUT2D eigenvalue weighted by atomic mass is 10.1. The van der Waals surface area contributed by atoms with Crippen LogP contribution in [0.5, 0.6) is 0 Å². The summed E-state index contributed by atoms with van der Waals surface area (Å²) in [5.74, 6) is 0.317. The molecule has 0 radical (unpaired) electrons. The molecule has 0 aromatic rings. The van der Waals surface area contributed by atoms with Crippen LogP contribution < -0.4 is 0 Å². The Kier molecular flexibility index (Phi) is 6.73. The van der Waals surface area contributed by atoms with Crippen molar-refractivity contribution >= 4 is 5.78 Å². The van der Waals surface area contributed by atoms with Crippen LogP contribution in [0, 0.1) is 0 Å². The van der Waals surface area contributed by atoms with E-state index >= 15 is 0 Å². The summed E-state index contributed by atoms with van der Waals surface area (Å²) < 4.78 is 0. The van der Waals surface area contributed by atoms with Gasteiger partial charge in [-0.15, -0.1) is 0 Å². The summed E-state index contributed by atoms with van der Waals surface area (Å²) in [5, 5.41) is 0. The van der Waals surface area contributed by atoms with E-state index in [2.05, 4.69) is 19.9 Å². The van der Waals surface area contributed by atoms with Crippen molar-refractivity contribution in [3.8, 4) is 0 Å². The first-order valence-electron chi connectivity index (χ1n) is 4.75. The highest BCUT2D eigenvalue weighted by Gasteiger charge is 1.92. The third-order valence-corrected chi connectivity index (χ3v) is 1.79. The summed E-state index contributed by atoms with van der Waals surface area (Å²) in [4.78, 5) is 10.6. The maximum atomic E-state index is 10.6. The van der Waals surface area contributed by atoms with Gasteiger partial charge in [-0.3, -0.25) is 0 Å². The highest BCUT2D eigenvalue weighted by molar-refractivity contribution is 5.75. The van der Waals surface area contributed by atoms with Crippen LogP contribution in [0.25, 0.3) is 0 Å². The van der Waals surface area contributed by atoms with Gasteiger partial charge in [0, 0.05) is 6.42 Å². The Morgan fingerprint density at radius 3 is 2.25 bits per heavy atom. The van der Waals surface area contributed by atoms with E-state index < -0.39 is 0 Å². The molecule has 70 valence electrons. The van der Waals surface area contributed by atoms with Crippen LogP contribution in [-0.2, 0) is 4.79 Å². The van der Waals surface area contributed by atoms with Crippen LogP contribution in [0.4, 0.5) is 0 Å². The Balaban J connectivity index is 3.11. The minimum absolute atomic E-state index is 0.317. The summed E-state index contributed by atoms with van der Waals surface area (Å²) in [6, 6.07) is 0. The third kappa shape index (κ3) is 9.41. The molecular formula is C11H20O. The number of hydrogen-bond donors (Lipinski definition) is 0. The van der Waals surface area contributed by atoms with E-state index in [1.807, 2.05) is 0 Å². The quantitative estimate of drug-likeness (QED) is 0.438. The third-order valence-electron chi connectivity index (χ3n) is 1.79. The lowest BCUT2D eigenvalue weighted by molar-refractivity contribution is -0.117. The normalized spacial score (nSPS) is 9.58. The zero-order chi connectivity index (χ0) is 9.40. The largest absolute Gasteiger partial charge is 0.300 e. The number of ketones is 1. The highest BCUT2D eigenvalue weighted by atomic mass is 16.1. The molecule has 0 aliphatic carbocycles. The van der Waals surface area contributed by atoms with E-state index in [9.17, 15) is 4.79 Å². The Morgan fingerprint density at radius 2 is 1.75 bits per heavy atom. The van der Waals surface area contributed by atoms with Crippen molar-refractivity contribution in [2.45, 2.75) is 52.9 Å². The van der Waals surface area contributed by atoms with Gasteiger partial charge in [0.05, 0.1) is 0 Å². The van der Waals surface area contributed by atoms with E-state index in [1.165, 1.54) is 24.8 Å². The molecule has 0 unspecified atom stereocenters. The highest BCUT2D eigenvalue weighted by Crippen LogP contribution is 2.05. The fourth-order valence-corrected chi connectivity index (χ4v) is 1.09. The number of rotatable bonds is 6. The zero-order valence-corrected chi connectivity index (χ0v) is 8.52. The van der Waals surface area contributed by atoms with Gasteiger partial charge in [-0.25, -0.2) is 0 Å². The van der Waals surface area contributed by atoms with Gasteiger partial charge >= 0.3 is 0 Å². The topological polar surface area (TPSA) is 17.1 Å². The maximum absolute atomic E-state index is 10.6. The minimum atomic E-state index is 0.317. The summed E-state index contributed by atoms with van der Waals surface area (Å²) in [5.41, 5.74) is 1.39. The van der Waals surface area contributed by atoms with Gasteiger partial charge in [-0.05, 0) is 40.0 Å². The molecule has 0 aliphatic rings. The lowest BCUT2D eigenvalue weighted by Gasteiger charge is -1.96. The maximum Gasteiger partial charge on any atom is 0.129 e. The molecule has 0 saturated carbocycles. The van der Waals surface area contributed by atoms with Crippen molar-refractivity contribution in [1.29, 1.82) is 0 Å². The first-order chi connectivity index (χ1) is 5.63. The smallest absolute Gasteiger partial charge is 0.129 e. The van der Waals surface area contributed by atoms with E-state index in [-0.39, 0.29) is 0 Å². The number of Topliss-reactive ketones (excluding diaryl/α,β-unsaturated/α-hetero) is 1. The van der Waals surface area contributed by atoms with E-state index in [4.69, 9.17) is 0 Å². The molecular weight excluding hydrogens is 148 g/mol. The van der Waals surface area contributed by atoms with E-state index in [1.54, 1.807) is 6.92 Å². The summed E-state index contributed by atoms with van der Waals surface area (Å²) in [6.07, 6.45) is 7.65. The van der Waals surface area contributed by atoms with Crippen LogP contribution in [0.2, 0.25) is 0 Å². The first-order valence-corrected chi connectivity index (χ1v) is 4.75. The average molecular weight is 168 g/mol. The summed E-state index contributed by atoms with van der Waals surface area (Å²) in [6.45, 7) is 5.90. The van der Waals surface area contributed by atoms with Gasteiger partial charge in [0.25, 0.3) is 0 Å². The second-order valence-electron chi connectivity index (χ2n) is 3.58. The molecule has 12 heavy (non-hydrogen) atoms. The fraction of sp³-hybridized carbons (Fsp3) is 0.727. The molecule has 0 heterocycles. The fourth-order valence-electron chi connectivity index (χ4n) is 1.09. The van der Waals surface area contributed by atoms with Crippen molar-refractivity contribution in [3.05, 3.63) is 11.6 Å². The molecule has 0 spiro atoms. The minimum Gasteiger partial charge on any atom is -0.300 e. The SMILES string of the molecule is CC(=O)CCCCCC=C(C)C. The predicted molar refractivity (Wildman–Crippen MR) is 53.2 cm³/mol. The van der Waals surface area contributed by atoms with Crippen molar-refractivity contribution in [1.82, 2.24) is 0 Å². The summed E-state index contributed by atoms with van der Waals surface area (Å²) >= 11 is 0. The van der Waals surface area contributed by atoms with Gasteiger partial charge in [0.2, 0.25) is 0 Å². The molecule has 1 heteroatoms. The van der Waals surface area contributed by atoms with Gasteiger partial charge in [0.15, 0.2) is 0 Å². The van der Waals surface area contributed by atoms with Gasteiger partial charge in [-0.1, -0.05) is 18.1 Å². The van der Waals surface area contributed by atoms with Crippen molar-refractivity contribution in [2.24, 2.45) is 0 Å². The number of carbonyl (C=O) groups is 1. The monoisotopic (exact) mass is 168 g/mol. The molecule has 0 rings (SSSR count). The molecule has 1 nitrogen and oxygen atoms in total. The molecule has 0 aromatic carbocycles. The van der Waals surface area contributed by atoms with Crippen LogP contribution in [0.1, 0.15) is 52.9 Å². The van der Waals surface area contributed by atoms with Crippen molar-refractivity contribution in [3.63, 3.8) is 0 Å². The Morgan fingerprint density at radius 1 is 1.08 bits per heavy atom. The van der Waals surface area contributed by atoms with Crippen molar-refractivity contribution in [2.75, 3.05) is 0 Å². The molecule has 0 aromatic heterocycles. The molecule has 0 aliphatic heterocycles. The molecule has 0 amide bonds. The van der Waals surface area contributed by atoms with Gasteiger partial charge in [0.1, 0.15) is 5.78 Å². The number of hydrogen-bond acceptors (Lipinski definition) is 1. The van der Waals surface area contributed by atoms with Gasteiger partial charge in [-0.2, -0.15) is 0 Å². The van der Waals surface area contributed by atoms with Crippen LogP contribution >= 0.6 is 0 Å². The van der Waals surface area contributed by atoms with Crippen molar-refractivity contribution < 1.29 is 4.79 Å². The van der Waals surface area contributed by atoms with Crippen LogP contribution in [0.3, 0.4) is 0 Å². The second kappa shape index (κ2) is 7.08. The summed E-state index contributed by atoms with van der Waals surface area (Å²) in [7, 11) is 0. The molecule has 0 saturated heterocycles. The standard InChI is InChI=1S/C11H20O/c1-10(2)8-6-4-5-7-9-11(3)12/h8H,4-7,9H2,1-3H3. The Hall–Kier alpha value is -0.590. The first kappa shape index (κ1) is 11.4. The number of carbonyl (C=O) groups excluding carboxylic acids is 1. The van der Waals surface area contributed by atoms with Crippen LogP contribution in [0.15, 0.2) is 11.6 Å². The van der Waals surface area contributed by atoms with E-state index in [0.29, 0.717) is 5.78 Å². The average Bonchev–Trinajstić information content (AvgIpc) is 1.95. The molecule has 0 bridgehead atoms. The molecule has 0 fully saturated rings. The predicted octanol–water partition coefficient (Wildman–Crippen LogP) is 3.49. The number of allylic oxidation sites excluding steroid dienone is 2. The Bertz CT molecular complexity index is 152. The van der Waals surface area contributed by atoms with Crippen LogP contribution in [-0.4, -0.2) is 5.78 Å².